The molecule has 2 aliphatic heterocycles. The Kier molecular flexibility index (Phi) is 5.31. The average molecular weight is 451 g/mol. The standard InChI is InChI=1S/C25H27FN4O3/c1-25(19-10-9-17-5-4-6-18(17)15-19)23(32)30(24(33)27-25)16-22(31)29-13-11-28(12-14-29)21-8-3-2-7-20(21)26/h2-3,7-10,15H,4-6,11-14,16H2,1H3,(H,27,33)/t25-/m0/s1. The molecule has 3 aliphatic rings. The number of hydrogen-bond acceptors (Lipinski definition) is 4. The van der Waals surface area contributed by atoms with Crippen LogP contribution in [0.25, 0.3) is 0 Å². The second-order valence-electron chi connectivity index (χ2n) is 9.10. The SMILES string of the molecule is C[C@@]1(c2ccc3c(c2)CCC3)NC(=O)N(CC(=O)N2CCN(c3ccccc3F)CC2)C1=O. The highest BCUT2D eigenvalue weighted by Crippen LogP contribution is 2.32. The van der Waals surface area contributed by atoms with E-state index in [-0.39, 0.29) is 18.3 Å². The third-order valence-electron chi connectivity index (χ3n) is 7.07. The van der Waals surface area contributed by atoms with Gasteiger partial charge in [0.15, 0.2) is 0 Å². The third-order valence-corrected chi connectivity index (χ3v) is 7.07. The predicted octanol–water partition coefficient (Wildman–Crippen LogP) is 2.43. The summed E-state index contributed by atoms with van der Waals surface area (Å²) < 4.78 is 14.1. The van der Waals surface area contributed by atoms with Gasteiger partial charge in [-0.1, -0.05) is 30.3 Å². The van der Waals surface area contributed by atoms with E-state index in [0.29, 0.717) is 31.9 Å². The molecule has 2 fully saturated rings. The number of imide groups is 1. The maximum atomic E-state index is 14.1. The van der Waals surface area contributed by atoms with Crippen molar-refractivity contribution < 1.29 is 18.8 Å². The molecule has 0 aromatic heterocycles. The number of aryl methyl sites for hydroxylation is 2. The molecule has 1 atom stereocenters. The number of urea groups is 1. The van der Waals surface area contributed by atoms with Crippen molar-refractivity contribution >= 4 is 23.5 Å². The zero-order chi connectivity index (χ0) is 23.2. The van der Waals surface area contributed by atoms with Crippen LogP contribution in [0.4, 0.5) is 14.9 Å². The van der Waals surface area contributed by atoms with Gasteiger partial charge in [-0.3, -0.25) is 14.5 Å². The van der Waals surface area contributed by atoms with Crippen LogP contribution in [-0.4, -0.2) is 60.4 Å². The Labute approximate surface area is 192 Å². The van der Waals surface area contributed by atoms with Crippen LogP contribution in [0.3, 0.4) is 0 Å². The van der Waals surface area contributed by atoms with Crippen molar-refractivity contribution in [2.24, 2.45) is 0 Å². The van der Waals surface area contributed by atoms with Crippen LogP contribution in [0.5, 0.6) is 0 Å². The maximum absolute atomic E-state index is 14.1. The summed E-state index contributed by atoms with van der Waals surface area (Å²) in [6, 6.07) is 12.0. The highest BCUT2D eigenvalue weighted by molar-refractivity contribution is 6.09. The molecule has 4 amide bonds. The number of hydrogen-bond donors (Lipinski definition) is 1. The lowest BCUT2D eigenvalue weighted by atomic mass is 9.89. The number of piperazine rings is 1. The van der Waals surface area contributed by atoms with Crippen LogP contribution in [0, 0.1) is 5.82 Å². The van der Waals surface area contributed by atoms with E-state index in [2.05, 4.69) is 5.32 Å². The van der Waals surface area contributed by atoms with Crippen molar-refractivity contribution in [1.29, 1.82) is 0 Å². The largest absolute Gasteiger partial charge is 0.366 e. The number of nitrogens with one attached hydrogen (secondary N) is 1. The summed E-state index contributed by atoms with van der Waals surface area (Å²) in [7, 11) is 0. The fourth-order valence-electron chi connectivity index (χ4n) is 5.06. The predicted molar refractivity (Wildman–Crippen MR) is 121 cm³/mol. The number of nitrogens with zero attached hydrogens (tertiary/aromatic N) is 3. The van der Waals surface area contributed by atoms with Gasteiger partial charge in [0, 0.05) is 26.2 Å². The lowest BCUT2D eigenvalue weighted by molar-refractivity contribution is -0.139. The Hall–Kier alpha value is -3.42. The molecule has 0 saturated carbocycles. The van der Waals surface area contributed by atoms with E-state index in [1.54, 1.807) is 30.0 Å². The van der Waals surface area contributed by atoms with Crippen molar-refractivity contribution in [1.82, 2.24) is 15.1 Å². The van der Waals surface area contributed by atoms with E-state index in [1.807, 2.05) is 23.1 Å². The van der Waals surface area contributed by atoms with Gasteiger partial charge in [-0.25, -0.2) is 9.18 Å². The molecule has 0 spiro atoms. The van der Waals surface area contributed by atoms with Gasteiger partial charge in [0.05, 0.1) is 5.69 Å². The van der Waals surface area contributed by atoms with Crippen molar-refractivity contribution in [2.45, 2.75) is 31.7 Å². The Bertz CT molecular complexity index is 1130. The normalized spacial score (nSPS) is 22.5. The second-order valence-corrected chi connectivity index (χ2v) is 9.10. The van der Waals surface area contributed by atoms with Gasteiger partial charge in [-0.2, -0.15) is 0 Å². The maximum Gasteiger partial charge on any atom is 0.325 e. The monoisotopic (exact) mass is 450 g/mol. The summed E-state index contributed by atoms with van der Waals surface area (Å²) in [5.74, 6) is -0.990. The molecule has 5 rings (SSSR count). The molecular weight excluding hydrogens is 423 g/mol. The zero-order valence-corrected chi connectivity index (χ0v) is 18.6. The molecule has 7 nitrogen and oxygen atoms in total. The summed E-state index contributed by atoms with van der Waals surface area (Å²) in [5, 5.41) is 2.80. The summed E-state index contributed by atoms with van der Waals surface area (Å²) in [5.41, 5.74) is 2.59. The first-order chi connectivity index (χ1) is 15.9. The van der Waals surface area contributed by atoms with Crippen LogP contribution in [0.15, 0.2) is 42.5 Å². The summed E-state index contributed by atoms with van der Waals surface area (Å²) in [6.45, 7) is 3.17. The van der Waals surface area contributed by atoms with Crippen LogP contribution in [0.2, 0.25) is 0 Å². The van der Waals surface area contributed by atoms with Gasteiger partial charge in [0.1, 0.15) is 17.9 Å². The third kappa shape index (κ3) is 3.73. The van der Waals surface area contributed by atoms with E-state index in [4.69, 9.17) is 0 Å². The Balaban J connectivity index is 1.24. The Morgan fingerprint density at radius 1 is 1.03 bits per heavy atom. The number of carbonyl (C=O) groups is 3. The Morgan fingerprint density at radius 3 is 2.52 bits per heavy atom. The first-order valence-corrected chi connectivity index (χ1v) is 11.4. The lowest BCUT2D eigenvalue weighted by Gasteiger charge is -2.36. The van der Waals surface area contributed by atoms with Gasteiger partial charge in [-0.15, -0.1) is 0 Å². The topological polar surface area (TPSA) is 73.0 Å². The fourth-order valence-corrected chi connectivity index (χ4v) is 5.06. The smallest absolute Gasteiger partial charge is 0.325 e. The van der Waals surface area contributed by atoms with Crippen LogP contribution in [0.1, 0.15) is 30.0 Å². The number of rotatable bonds is 4. The van der Waals surface area contributed by atoms with Crippen LogP contribution >= 0.6 is 0 Å². The lowest BCUT2D eigenvalue weighted by Crippen LogP contribution is -2.52. The molecule has 172 valence electrons. The number of carbonyl (C=O) groups excluding carboxylic acids is 3. The van der Waals surface area contributed by atoms with Crippen molar-refractivity contribution in [3.8, 4) is 0 Å². The van der Waals surface area contributed by atoms with Gasteiger partial charge >= 0.3 is 6.03 Å². The summed E-state index contributed by atoms with van der Waals surface area (Å²) >= 11 is 0. The molecule has 8 heteroatoms. The highest BCUT2D eigenvalue weighted by Gasteiger charge is 2.50. The minimum atomic E-state index is -1.18. The zero-order valence-electron chi connectivity index (χ0n) is 18.6. The molecular formula is C25H27FN4O3. The van der Waals surface area contributed by atoms with Gasteiger partial charge in [-0.05, 0) is 55.0 Å². The van der Waals surface area contributed by atoms with E-state index < -0.39 is 17.5 Å². The van der Waals surface area contributed by atoms with E-state index in [1.165, 1.54) is 17.2 Å². The van der Waals surface area contributed by atoms with Gasteiger partial charge in [0.2, 0.25) is 5.91 Å². The highest BCUT2D eigenvalue weighted by atomic mass is 19.1. The number of fused-ring (bicyclic) bond motifs is 1. The first-order valence-electron chi connectivity index (χ1n) is 11.4. The minimum absolute atomic E-state index is 0.287. The molecule has 2 aromatic rings. The molecule has 0 radical (unpaired) electrons. The molecule has 1 N–H and O–H groups in total. The molecule has 0 bridgehead atoms. The second kappa shape index (κ2) is 8.17. The van der Waals surface area contributed by atoms with Crippen LogP contribution < -0.4 is 10.2 Å². The molecule has 2 aromatic carbocycles. The Morgan fingerprint density at radius 2 is 1.76 bits per heavy atom. The quantitative estimate of drug-likeness (QED) is 0.727. The number of halogens is 1. The number of para-hydroxylation sites is 1. The number of amides is 4. The first kappa shape index (κ1) is 21.4. The summed E-state index contributed by atoms with van der Waals surface area (Å²) in [6.07, 6.45) is 3.11. The number of benzene rings is 2. The van der Waals surface area contributed by atoms with Crippen molar-refractivity contribution in [3.63, 3.8) is 0 Å². The molecule has 1 aliphatic carbocycles. The number of anilines is 1. The molecule has 2 heterocycles. The van der Waals surface area contributed by atoms with Crippen LogP contribution in [-0.2, 0) is 28.0 Å². The summed E-state index contributed by atoms with van der Waals surface area (Å²) in [4.78, 5) is 43.4. The average Bonchev–Trinajstić information content (AvgIpc) is 3.38. The molecule has 2 saturated heterocycles. The minimum Gasteiger partial charge on any atom is -0.366 e. The fraction of sp³-hybridized carbons (Fsp3) is 0.400. The van der Waals surface area contributed by atoms with E-state index in [9.17, 15) is 18.8 Å². The van der Waals surface area contributed by atoms with E-state index in [0.717, 1.165) is 29.7 Å². The van der Waals surface area contributed by atoms with Gasteiger partial charge in [0.25, 0.3) is 5.91 Å². The van der Waals surface area contributed by atoms with Crippen molar-refractivity contribution in [3.05, 3.63) is 65.0 Å². The van der Waals surface area contributed by atoms with Gasteiger partial charge < -0.3 is 15.1 Å². The van der Waals surface area contributed by atoms with E-state index >= 15 is 0 Å². The van der Waals surface area contributed by atoms with Crippen molar-refractivity contribution in [2.75, 3.05) is 37.6 Å². The molecule has 0 unspecified atom stereocenters. The molecule has 33 heavy (non-hydrogen) atoms.